The third-order valence-electron chi connectivity index (χ3n) is 1.86. The average Bonchev–Trinajstić information content (AvgIpc) is 2.66. The minimum absolute atomic E-state index is 0.0879. The number of aliphatic hydroxyl groups is 1. The van der Waals surface area contributed by atoms with E-state index in [-0.39, 0.29) is 30.8 Å². The van der Waals surface area contributed by atoms with Crippen LogP contribution in [0.4, 0.5) is 0 Å². The lowest BCUT2D eigenvalue weighted by Crippen LogP contribution is -2.10. The molecule has 0 aliphatic heterocycles. The van der Waals surface area contributed by atoms with Crippen LogP contribution >= 0.6 is 0 Å². The highest BCUT2D eigenvalue weighted by Crippen LogP contribution is 2.38. The maximum absolute atomic E-state index is 10.9. The van der Waals surface area contributed by atoms with E-state index in [2.05, 4.69) is 4.74 Å². The van der Waals surface area contributed by atoms with E-state index in [0.717, 1.165) is 6.42 Å². The number of rotatable bonds is 4. The summed E-state index contributed by atoms with van der Waals surface area (Å²) in [6.45, 7) is 0.335. The fourth-order valence-electron chi connectivity index (χ4n) is 1.09. The lowest BCUT2D eigenvalue weighted by Gasteiger charge is -1.94. The summed E-state index contributed by atoms with van der Waals surface area (Å²) in [7, 11) is 1.51. The molecule has 3 nitrogen and oxygen atoms in total. The normalized spacial score (nSPS) is 30.2. The number of methoxy groups -OCH3 is 1. The average molecular weight is 144 g/mol. The Kier molecular flexibility index (Phi) is 2.40. The van der Waals surface area contributed by atoms with Gasteiger partial charge in [0.1, 0.15) is 6.61 Å². The zero-order valence-corrected chi connectivity index (χ0v) is 6.04. The molecule has 1 N–H and O–H groups in total. The molecule has 0 spiro atoms. The van der Waals surface area contributed by atoms with Crippen molar-refractivity contribution in [2.45, 2.75) is 6.42 Å². The van der Waals surface area contributed by atoms with Gasteiger partial charge < -0.3 is 9.84 Å². The predicted octanol–water partition coefficient (Wildman–Crippen LogP) is -0.170. The molecule has 1 fully saturated rings. The highest BCUT2D eigenvalue weighted by atomic mass is 16.5. The van der Waals surface area contributed by atoms with Crippen LogP contribution in [0.1, 0.15) is 6.42 Å². The molecule has 1 aliphatic rings. The van der Waals surface area contributed by atoms with Crippen LogP contribution in [0, 0.1) is 11.8 Å². The van der Waals surface area contributed by atoms with E-state index < -0.39 is 0 Å². The van der Waals surface area contributed by atoms with Gasteiger partial charge in [-0.05, 0) is 12.3 Å². The Morgan fingerprint density at radius 1 is 1.80 bits per heavy atom. The summed E-state index contributed by atoms with van der Waals surface area (Å²) in [4.78, 5) is 10.9. The van der Waals surface area contributed by atoms with Crippen molar-refractivity contribution in [3.63, 3.8) is 0 Å². The Bertz CT molecular complexity index is 133. The molecule has 0 heterocycles. The van der Waals surface area contributed by atoms with Gasteiger partial charge in [0.2, 0.25) is 0 Å². The SMILES string of the molecule is COCC(=O)C1CC1CO. The second-order valence-electron chi connectivity index (χ2n) is 2.68. The second-order valence-corrected chi connectivity index (χ2v) is 2.68. The van der Waals surface area contributed by atoms with E-state index in [4.69, 9.17) is 5.11 Å². The third kappa shape index (κ3) is 1.55. The lowest BCUT2D eigenvalue weighted by atomic mass is 10.2. The van der Waals surface area contributed by atoms with Crippen molar-refractivity contribution < 1.29 is 14.6 Å². The molecule has 0 bridgehead atoms. The first-order chi connectivity index (χ1) is 4.79. The van der Waals surface area contributed by atoms with Crippen molar-refractivity contribution in [2.75, 3.05) is 20.3 Å². The van der Waals surface area contributed by atoms with Gasteiger partial charge >= 0.3 is 0 Å². The molecule has 0 amide bonds. The number of aliphatic hydroxyl groups excluding tert-OH is 1. The Balaban J connectivity index is 2.19. The number of carbonyl (C=O) groups is 1. The topological polar surface area (TPSA) is 46.5 Å². The molecule has 1 rings (SSSR count). The van der Waals surface area contributed by atoms with Crippen LogP contribution in [0.25, 0.3) is 0 Å². The minimum atomic E-state index is 0.0879. The molecule has 0 saturated heterocycles. The summed E-state index contributed by atoms with van der Waals surface area (Å²) in [6.07, 6.45) is 0.846. The molecule has 2 atom stereocenters. The lowest BCUT2D eigenvalue weighted by molar-refractivity contribution is -0.124. The zero-order valence-electron chi connectivity index (χ0n) is 6.04. The fourth-order valence-corrected chi connectivity index (χ4v) is 1.09. The molecular formula is C7H12O3. The van der Waals surface area contributed by atoms with Crippen LogP contribution in [0.2, 0.25) is 0 Å². The van der Waals surface area contributed by atoms with E-state index in [9.17, 15) is 4.79 Å². The molecule has 0 aromatic carbocycles. The van der Waals surface area contributed by atoms with Gasteiger partial charge in [-0.2, -0.15) is 0 Å². The number of ether oxygens (including phenoxy) is 1. The van der Waals surface area contributed by atoms with Gasteiger partial charge in [0, 0.05) is 19.6 Å². The summed E-state index contributed by atoms with van der Waals surface area (Å²) in [5.41, 5.74) is 0. The summed E-state index contributed by atoms with van der Waals surface area (Å²) >= 11 is 0. The van der Waals surface area contributed by atoms with E-state index in [1.165, 1.54) is 7.11 Å². The van der Waals surface area contributed by atoms with Crippen LogP contribution in [-0.4, -0.2) is 31.2 Å². The monoisotopic (exact) mass is 144 g/mol. The highest BCUT2D eigenvalue weighted by Gasteiger charge is 2.41. The van der Waals surface area contributed by atoms with Gasteiger partial charge in [-0.1, -0.05) is 0 Å². The van der Waals surface area contributed by atoms with Gasteiger partial charge in [-0.25, -0.2) is 0 Å². The Morgan fingerprint density at radius 2 is 2.50 bits per heavy atom. The number of ketones is 1. The van der Waals surface area contributed by atoms with Gasteiger partial charge in [-0.3, -0.25) is 4.79 Å². The van der Waals surface area contributed by atoms with Gasteiger partial charge in [0.25, 0.3) is 0 Å². The molecule has 0 aromatic rings. The zero-order chi connectivity index (χ0) is 7.56. The van der Waals surface area contributed by atoms with E-state index in [0.29, 0.717) is 0 Å². The smallest absolute Gasteiger partial charge is 0.161 e. The Hall–Kier alpha value is -0.410. The second kappa shape index (κ2) is 3.12. The molecule has 10 heavy (non-hydrogen) atoms. The largest absolute Gasteiger partial charge is 0.396 e. The van der Waals surface area contributed by atoms with E-state index >= 15 is 0 Å². The van der Waals surface area contributed by atoms with Crippen molar-refractivity contribution in [1.29, 1.82) is 0 Å². The maximum atomic E-state index is 10.9. The predicted molar refractivity (Wildman–Crippen MR) is 35.6 cm³/mol. The summed E-state index contributed by atoms with van der Waals surface area (Å²) in [6, 6.07) is 0. The Labute approximate surface area is 60.0 Å². The molecule has 0 aromatic heterocycles. The van der Waals surface area contributed by atoms with Crippen LogP contribution in [0.3, 0.4) is 0 Å². The van der Waals surface area contributed by atoms with Crippen molar-refractivity contribution in [1.82, 2.24) is 0 Å². The standard InChI is InChI=1S/C7H12O3/c1-10-4-7(9)6-2-5(6)3-8/h5-6,8H,2-4H2,1H3. The first-order valence-corrected chi connectivity index (χ1v) is 3.42. The van der Waals surface area contributed by atoms with Gasteiger partial charge in [0.15, 0.2) is 5.78 Å². The van der Waals surface area contributed by atoms with Crippen LogP contribution in [0.15, 0.2) is 0 Å². The number of carbonyl (C=O) groups excluding carboxylic acids is 1. The minimum Gasteiger partial charge on any atom is -0.396 e. The fraction of sp³-hybridized carbons (Fsp3) is 0.857. The quantitative estimate of drug-likeness (QED) is 0.596. The Morgan fingerprint density at radius 3 is 2.90 bits per heavy atom. The molecule has 3 heteroatoms. The maximum Gasteiger partial charge on any atom is 0.161 e. The van der Waals surface area contributed by atoms with Crippen molar-refractivity contribution in [3.05, 3.63) is 0 Å². The molecule has 1 aliphatic carbocycles. The van der Waals surface area contributed by atoms with Crippen LogP contribution in [-0.2, 0) is 9.53 Å². The number of hydrogen-bond donors (Lipinski definition) is 1. The molecule has 2 unspecified atom stereocenters. The third-order valence-corrected chi connectivity index (χ3v) is 1.86. The summed E-state index contributed by atoms with van der Waals surface area (Å²) in [5.74, 6) is 0.439. The van der Waals surface area contributed by atoms with Crippen LogP contribution < -0.4 is 0 Å². The van der Waals surface area contributed by atoms with Crippen molar-refractivity contribution in [3.8, 4) is 0 Å². The van der Waals surface area contributed by atoms with Crippen molar-refractivity contribution in [2.24, 2.45) is 11.8 Å². The molecule has 0 radical (unpaired) electrons. The van der Waals surface area contributed by atoms with Crippen LogP contribution in [0.5, 0.6) is 0 Å². The molecule has 58 valence electrons. The highest BCUT2D eigenvalue weighted by molar-refractivity contribution is 5.84. The van der Waals surface area contributed by atoms with Gasteiger partial charge in [0.05, 0.1) is 0 Å². The first kappa shape index (κ1) is 7.69. The van der Waals surface area contributed by atoms with E-state index in [1.807, 2.05) is 0 Å². The molecule has 1 saturated carbocycles. The first-order valence-electron chi connectivity index (χ1n) is 3.42. The number of hydrogen-bond acceptors (Lipinski definition) is 3. The summed E-state index contributed by atoms with van der Waals surface area (Å²) < 4.78 is 4.67. The molecular weight excluding hydrogens is 132 g/mol. The van der Waals surface area contributed by atoms with Gasteiger partial charge in [-0.15, -0.1) is 0 Å². The van der Waals surface area contributed by atoms with E-state index in [1.54, 1.807) is 0 Å². The van der Waals surface area contributed by atoms with Crippen molar-refractivity contribution >= 4 is 5.78 Å². The summed E-state index contributed by atoms with van der Waals surface area (Å²) in [5, 5.41) is 8.60. The number of Topliss-reactive ketones (excluding diaryl/α,β-unsaturated/α-hetero) is 1.